The summed E-state index contributed by atoms with van der Waals surface area (Å²) in [5, 5.41) is 9.31. The molecule has 3 nitrogen and oxygen atoms in total. The summed E-state index contributed by atoms with van der Waals surface area (Å²) in [6.07, 6.45) is 3.05. The Morgan fingerprint density at radius 3 is 3.00 bits per heavy atom. The van der Waals surface area contributed by atoms with Gasteiger partial charge in [0.15, 0.2) is 0 Å². The van der Waals surface area contributed by atoms with Crippen LogP contribution in [0.2, 0.25) is 0 Å². The summed E-state index contributed by atoms with van der Waals surface area (Å²) in [6, 6.07) is 0. The summed E-state index contributed by atoms with van der Waals surface area (Å²) in [5.74, 6) is 0. The maximum atomic E-state index is 9.31. The maximum absolute atomic E-state index is 9.31. The van der Waals surface area contributed by atoms with Crippen LogP contribution in [0.3, 0.4) is 0 Å². The summed E-state index contributed by atoms with van der Waals surface area (Å²) >= 11 is 0. The number of likely N-dealkylation sites (tertiary alicyclic amines) is 1. The van der Waals surface area contributed by atoms with E-state index in [2.05, 4.69) is 4.90 Å². The molecule has 1 rings (SSSR count). The minimum Gasteiger partial charge on any atom is -0.392 e. The van der Waals surface area contributed by atoms with Crippen LogP contribution < -0.4 is 5.73 Å². The second-order valence-corrected chi connectivity index (χ2v) is 3.24. The molecule has 0 unspecified atom stereocenters. The zero-order valence-corrected chi connectivity index (χ0v) is 7.00. The lowest BCUT2D eigenvalue weighted by molar-refractivity contribution is 0.0705. The molecule has 1 heterocycles. The number of hydrogen-bond acceptors (Lipinski definition) is 3. The van der Waals surface area contributed by atoms with E-state index in [1.54, 1.807) is 0 Å². The third-order valence-corrected chi connectivity index (χ3v) is 2.16. The highest BCUT2D eigenvalue weighted by Crippen LogP contribution is 2.09. The zero-order chi connectivity index (χ0) is 8.10. The second-order valence-electron chi connectivity index (χ2n) is 3.24. The SMILES string of the molecule is NCCCN1CCC[C@H](O)C1. The number of nitrogens with two attached hydrogens (primary N) is 1. The van der Waals surface area contributed by atoms with Crippen LogP contribution in [0.1, 0.15) is 19.3 Å². The normalized spacial score (nSPS) is 27.3. The predicted octanol–water partition coefficient (Wildman–Crippen LogP) is -0.208. The number of hydrogen-bond donors (Lipinski definition) is 2. The molecule has 0 radical (unpaired) electrons. The quantitative estimate of drug-likeness (QED) is 0.597. The van der Waals surface area contributed by atoms with E-state index in [0.717, 1.165) is 45.4 Å². The fraction of sp³-hybridized carbons (Fsp3) is 1.00. The Morgan fingerprint density at radius 1 is 1.55 bits per heavy atom. The van der Waals surface area contributed by atoms with Crippen molar-refractivity contribution in [2.75, 3.05) is 26.2 Å². The van der Waals surface area contributed by atoms with E-state index >= 15 is 0 Å². The zero-order valence-electron chi connectivity index (χ0n) is 7.00. The Balaban J connectivity index is 2.12. The van der Waals surface area contributed by atoms with Gasteiger partial charge in [-0.05, 0) is 38.9 Å². The monoisotopic (exact) mass is 158 g/mol. The van der Waals surface area contributed by atoms with Crippen LogP contribution >= 0.6 is 0 Å². The van der Waals surface area contributed by atoms with Crippen LogP contribution in [0.5, 0.6) is 0 Å². The maximum Gasteiger partial charge on any atom is 0.0667 e. The molecule has 0 aromatic heterocycles. The van der Waals surface area contributed by atoms with Gasteiger partial charge in [-0.3, -0.25) is 0 Å². The van der Waals surface area contributed by atoms with Crippen LogP contribution in [-0.4, -0.2) is 42.3 Å². The number of nitrogens with zero attached hydrogens (tertiary/aromatic N) is 1. The molecular weight excluding hydrogens is 140 g/mol. The van der Waals surface area contributed by atoms with Crippen molar-refractivity contribution in [3.63, 3.8) is 0 Å². The molecule has 0 aromatic rings. The topological polar surface area (TPSA) is 49.5 Å². The van der Waals surface area contributed by atoms with E-state index in [1.165, 1.54) is 0 Å². The van der Waals surface area contributed by atoms with Gasteiger partial charge in [0.25, 0.3) is 0 Å². The van der Waals surface area contributed by atoms with Crippen molar-refractivity contribution in [1.82, 2.24) is 4.90 Å². The summed E-state index contributed by atoms with van der Waals surface area (Å²) in [5.41, 5.74) is 5.39. The Hall–Kier alpha value is -0.120. The van der Waals surface area contributed by atoms with Crippen LogP contribution in [0.15, 0.2) is 0 Å². The van der Waals surface area contributed by atoms with E-state index in [-0.39, 0.29) is 6.10 Å². The van der Waals surface area contributed by atoms with Crippen molar-refractivity contribution >= 4 is 0 Å². The summed E-state index contributed by atoms with van der Waals surface area (Å²) in [4.78, 5) is 2.29. The van der Waals surface area contributed by atoms with Gasteiger partial charge in [-0.1, -0.05) is 0 Å². The molecule has 1 aliphatic heterocycles. The average molecular weight is 158 g/mol. The molecule has 0 aliphatic carbocycles. The molecule has 1 atom stereocenters. The predicted molar refractivity (Wildman–Crippen MR) is 45.4 cm³/mol. The van der Waals surface area contributed by atoms with Crippen molar-refractivity contribution in [2.24, 2.45) is 5.73 Å². The lowest BCUT2D eigenvalue weighted by atomic mass is 10.1. The highest BCUT2D eigenvalue weighted by Gasteiger charge is 2.16. The fourth-order valence-electron chi connectivity index (χ4n) is 1.55. The van der Waals surface area contributed by atoms with Crippen molar-refractivity contribution in [3.05, 3.63) is 0 Å². The van der Waals surface area contributed by atoms with Crippen molar-refractivity contribution < 1.29 is 5.11 Å². The second kappa shape index (κ2) is 4.70. The fourth-order valence-corrected chi connectivity index (χ4v) is 1.55. The van der Waals surface area contributed by atoms with Crippen LogP contribution in [0.4, 0.5) is 0 Å². The molecular formula is C8H18N2O. The lowest BCUT2D eigenvalue weighted by Crippen LogP contribution is -2.39. The number of β-amino-alcohol motifs (C(OH)–C–C–N with tert-alkyl or cyclic N) is 1. The van der Waals surface area contributed by atoms with Gasteiger partial charge in [-0.25, -0.2) is 0 Å². The Kier molecular flexibility index (Phi) is 3.83. The highest BCUT2D eigenvalue weighted by molar-refractivity contribution is 4.71. The minimum atomic E-state index is -0.0958. The Morgan fingerprint density at radius 2 is 2.36 bits per heavy atom. The molecule has 0 bridgehead atoms. The molecule has 0 aromatic carbocycles. The summed E-state index contributed by atoms with van der Waals surface area (Å²) in [6.45, 7) is 3.79. The molecule has 1 aliphatic rings. The summed E-state index contributed by atoms with van der Waals surface area (Å²) in [7, 11) is 0. The standard InChI is InChI=1S/C8H18N2O/c9-4-2-6-10-5-1-3-8(11)7-10/h8,11H,1-7,9H2/t8-/m0/s1. The molecule has 1 saturated heterocycles. The van der Waals surface area contributed by atoms with Crippen molar-refractivity contribution in [2.45, 2.75) is 25.4 Å². The van der Waals surface area contributed by atoms with E-state index in [0.29, 0.717) is 0 Å². The molecule has 1 fully saturated rings. The number of piperidine rings is 1. The van der Waals surface area contributed by atoms with Gasteiger partial charge >= 0.3 is 0 Å². The van der Waals surface area contributed by atoms with E-state index in [1.807, 2.05) is 0 Å². The number of rotatable bonds is 3. The van der Waals surface area contributed by atoms with Crippen LogP contribution in [-0.2, 0) is 0 Å². The van der Waals surface area contributed by atoms with Gasteiger partial charge in [0.2, 0.25) is 0 Å². The number of aliphatic hydroxyl groups is 1. The third kappa shape index (κ3) is 3.18. The molecule has 3 heteroatoms. The average Bonchev–Trinajstić information content (AvgIpc) is 2.01. The Bertz CT molecular complexity index is 108. The molecule has 0 amide bonds. The first-order valence-electron chi connectivity index (χ1n) is 4.43. The van der Waals surface area contributed by atoms with Crippen LogP contribution in [0, 0.1) is 0 Å². The van der Waals surface area contributed by atoms with Crippen molar-refractivity contribution in [3.8, 4) is 0 Å². The minimum absolute atomic E-state index is 0.0958. The Labute approximate surface area is 68.2 Å². The van der Waals surface area contributed by atoms with Gasteiger partial charge < -0.3 is 15.7 Å². The summed E-state index contributed by atoms with van der Waals surface area (Å²) < 4.78 is 0. The highest BCUT2D eigenvalue weighted by atomic mass is 16.3. The first-order chi connectivity index (χ1) is 5.33. The molecule has 0 saturated carbocycles. The lowest BCUT2D eigenvalue weighted by Gasteiger charge is -2.29. The first kappa shape index (κ1) is 8.97. The molecule has 66 valence electrons. The van der Waals surface area contributed by atoms with Crippen molar-refractivity contribution in [1.29, 1.82) is 0 Å². The largest absolute Gasteiger partial charge is 0.392 e. The molecule has 11 heavy (non-hydrogen) atoms. The first-order valence-corrected chi connectivity index (χ1v) is 4.43. The van der Waals surface area contributed by atoms with Gasteiger partial charge in [0.1, 0.15) is 0 Å². The van der Waals surface area contributed by atoms with Gasteiger partial charge in [0.05, 0.1) is 6.10 Å². The molecule has 0 spiro atoms. The third-order valence-electron chi connectivity index (χ3n) is 2.16. The molecule has 3 N–H and O–H groups in total. The van der Waals surface area contributed by atoms with Gasteiger partial charge in [0, 0.05) is 6.54 Å². The van der Waals surface area contributed by atoms with E-state index in [4.69, 9.17) is 5.73 Å². The van der Waals surface area contributed by atoms with Gasteiger partial charge in [-0.15, -0.1) is 0 Å². The van der Waals surface area contributed by atoms with E-state index in [9.17, 15) is 5.11 Å². The van der Waals surface area contributed by atoms with Crippen LogP contribution in [0.25, 0.3) is 0 Å². The number of aliphatic hydroxyl groups excluding tert-OH is 1. The van der Waals surface area contributed by atoms with E-state index < -0.39 is 0 Å². The van der Waals surface area contributed by atoms with Gasteiger partial charge in [-0.2, -0.15) is 0 Å². The smallest absolute Gasteiger partial charge is 0.0667 e.